The number of ether oxygens (including phenoxy) is 3. The molecule has 0 aliphatic carbocycles. The van der Waals surface area contributed by atoms with Crippen molar-refractivity contribution in [1.82, 2.24) is 4.90 Å². The molecule has 1 aliphatic rings. The normalized spacial score (nSPS) is 15.2. The Morgan fingerprint density at radius 2 is 2.07 bits per heavy atom. The third kappa shape index (κ3) is 5.97. The maximum Gasteiger partial charge on any atom is 0.307 e. The molecule has 0 N–H and O–H groups in total. The fraction of sp³-hybridized carbons (Fsp3) is 0.450. The molecule has 0 aromatic heterocycles. The van der Waals surface area contributed by atoms with Gasteiger partial charge in [-0.15, -0.1) is 0 Å². The van der Waals surface area contributed by atoms with Crippen molar-refractivity contribution in [3.63, 3.8) is 0 Å². The van der Waals surface area contributed by atoms with Gasteiger partial charge < -0.3 is 14.2 Å². The van der Waals surface area contributed by atoms with Crippen LogP contribution in [0.25, 0.3) is 6.08 Å². The maximum absolute atomic E-state index is 12.6. The second-order valence-corrected chi connectivity index (χ2v) is 7.68. The quantitative estimate of drug-likeness (QED) is 0.244. The Bertz CT molecular complexity index is 763. The van der Waals surface area contributed by atoms with Crippen molar-refractivity contribution < 1.29 is 23.8 Å². The van der Waals surface area contributed by atoms with Gasteiger partial charge in [0.15, 0.2) is 11.5 Å². The number of thiocarbonyl (C=S) groups is 1. The monoisotopic (exact) mass is 423 g/mol. The predicted octanol–water partition coefficient (Wildman–Crippen LogP) is 4.03. The average Bonchev–Trinajstić information content (AvgIpc) is 2.94. The summed E-state index contributed by atoms with van der Waals surface area (Å²) >= 11 is 6.51. The first-order chi connectivity index (χ1) is 13.5. The van der Waals surface area contributed by atoms with Gasteiger partial charge in [0.05, 0.1) is 31.6 Å². The third-order valence-electron chi connectivity index (χ3n) is 3.96. The van der Waals surface area contributed by atoms with Crippen molar-refractivity contribution in [1.29, 1.82) is 0 Å². The number of esters is 1. The summed E-state index contributed by atoms with van der Waals surface area (Å²) in [5.74, 6) is 0.739. The summed E-state index contributed by atoms with van der Waals surface area (Å²) in [5.41, 5.74) is 0.811. The zero-order chi connectivity index (χ0) is 20.5. The van der Waals surface area contributed by atoms with Crippen LogP contribution in [0.2, 0.25) is 0 Å². The molecule has 1 heterocycles. The first kappa shape index (κ1) is 22.2. The second-order valence-electron chi connectivity index (χ2n) is 6.00. The van der Waals surface area contributed by atoms with E-state index in [1.54, 1.807) is 20.1 Å². The molecule has 0 bridgehead atoms. The first-order valence-corrected chi connectivity index (χ1v) is 10.4. The molecule has 152 valence electrons. The lowest BCUT2D eigenvalue weighted by Crippen LogP contribution is -2.30. The lowest BCUT2D eigenvalue weighted by Gasteiger charge is -2.13. The molecule has 1 fully saturated rings. The number of unbranched alkanes of at least 4 members (excludes halogenated alkanes) is 1. The minimum atomic E-state index is -0.344. The lowest BCUT2D eigenvalue weighted by atomic mass is 10.2. The van der Waals surface area contributed by atoms with Crippen molar-refractivity contribution in [2.75, 3.05) is 26.9 Å². The number of methoxy groups -OCH3 is 1. The molecule has 8 heteroatoms. The van der Waals surface area contributed by atoms with Crippen LogP contribution in [0.1, 0.15) is 38.7 Å². The van der Waals surface area contributed by atoms with Crippen molar-refractivity contribution in [3.05, 3.63) is 28.7 Å². The minimum absolute atomic E-state index is 0.116. The number of carbonyl (C=O) groups is 2. The average molecular weight is 424 g/mol. The number of carbonyl (C=O) groups excluding carboxylic acids is 2. The van der Waals surface area contributed by atoms with Crippen LogP contribution in [0.4, 0.5) is 0 Å². The number of amides is 1. The summed E-state index contributed by atoms with van der Waals surface area (Å²) in [6, 6.07) is 5.53. The van der Waals surface area contributed by atoms with Crippen LogP contribution in [0.3, 0.4) is 0 Å². The molecule has 28 heavy (non-hydrogen) atoms. The molecule has 0 spiro atoms. The highest BCUT2D eigenvalue weighted by Crippen LogP contribution is 2.34. The maximum atomic E-state index is 12.6. The van der Waals surface area contributed by atoms with Gasteiger partial charge in [0.2, 0.25) is 0 Å². The summed E-state index contributed by atoms with van der Waals surface area (Å²) in [7, 11) is 1.58. The van der Waals surface area contributed by atoms with Crippen LogP contribution < -0.4 is 9.47 Å². The molecule has 6 nitrogen and oxygen atoms in total. The smallest absolute Gasteiger partial charge is 0.307 e. The zero-order valence-electron chi connectivity index (χ0n) is 16.4. The Kier molecular flexibility index (Phi) is 8.79. The van der Waals surface area contributed by atoms with Crippen LogP contribution in [-0.2, 0) is 14.3 Å². The molecule has 2 rings (SSSR count). The number of benzene rings is 1. The molecule has 1 saturated heterocycles. The highest BCUT2D eigenvalue weighted by molar-refractivity contribution is 8.26. The van der Waals surface area contributed by atoms with E-state index in [2.05, 4.69) is 6.92 Å². The molecule has 1 aromatic carbocycles. The van der Waals surface area contributed by atoms with E-state index in [9.17, 15) is 9.59 Å². The van der Waals surface area contributed by atoms with Gasteiger partial charge in [0, 0.05) is 6.54 Å². The third-order valence-corrected chi connectivity index (χ3v) is 5.34. The van der Waals surface area contributed by atoms with E-state index in [0.29, 0.717) is 33.9 Å². The van der Waals surface area contributed by atoms with Gasteiger partial charge in [0.1, 0.15) is 4.32 Å². The molecule has 0 saturated carbocycles. The molecule has 1 amide bonds. The van der Waals surface area contributed by atoms with Crippen molar-refractivity contribution in [3.8, 4) is 11.5 Å². The molecular weight excluding hydrogens is 398 g/mol. The number of hydrogen-bond acceptors (Lipinski definition) is 7. The van der Waals surface area contributed by atoms with E-state index in [0.717, 1.165) is 18.4 Å². The van der Waals surface area contributed by atoms with Gasteiger partial charge >= 0.3 is 5.97 Å². The van der Waals surface area contributed by atoms with Crippen LogP contribution in [0.15, 0.2) is 23.1 Å². The summed E-state index contributed by atoms with van der Waals surface area (Å²) in [6.07, 6.45) is 3.91. The van der Waals surface area contributed by atoms with Crippen molar-refractivity contribution >= 4 is 46.3 Å². The van der Waals surface area contributed by atoms with Crippen LogP contribution >= 0.6 is 24.0 Å². The minimum Gasteiger partial charge on any atom is -0.493 e. The van der Waals surface area contributed by atoms with E-state index in [1.807, 2.05) is 18.2 Å². The molecule has 1 aliphatic heterocycles. The Hall–Kier alpha value is -2.06. The topological polar surface area (TPSA) is 65.1 Å². The first-order valence-electron chi connectivity index (χ1n) is 9.22. The van der Waals surface area contributed by atoms with Gasteiger partial charge in [0.25, 0.3) is 5.91 Å². The molecule has 1 aromatic rings. The number of rotatable bonds is 10. The standard InChI is InChI=1S/C20H25NO5S2/c1-4-6-11-26-15-8-7-14(12-16(15)24-3)13-17-19(23)21(20(27)28-17)10-9-18(22)25-5-2/h7-8,12-13H,4-6,9-11H2,1-3H3/b17-13-. The van der Waals surface area contributed by atoms with Crippen LogP contribution in [-0.4, -0.2) is 48.0 Å². The molecule has 0 unspecified atom stereocenters. The Balaban J connectivity index is 2.09. The van der Waals surface area contributed by atoms with Crippen molar-refractivity contribution in [2.24, 2.45) is 0 Å². The molecule has 0 radical (unpaired) electrons. The summed E-state index contributed by atoms with van der Waals surface area (Å²) in [6.45, 7) is 5.01. The molecular formula is C20H25NO5S2. The van der Waals surface area contributed by atoms with E-state index in [-0.39, 0.29) is 24.8 Å². The summed E-state index contributed by atoms with van der Waals surface area (Å²) < 4.78 is 16.5. The largest absolute Gasteiger partial charge is 0.493 e. The van der Waals surface area contributed by atoms with E-state index < -0.39 is 0 Å². The number of nitrogens with zero attached hydrogens (tertiary/aromatic N) is 1. The van der Waals surface area contributed by atoms with Gasteiger partial charge in [-0.3, -0.25) is 14.5 Å². The predicted molar refractivity (Wildman–Crippen MR) is 115 cm³/mol. The molecule has 0 atom stereocenters. The SMILES string of the molecule is CCCCOc1ccc(/C=C2\SC(=S)N(CCC(=O)OCC)C2=O)cc1OC. The van der Waals surface area contributed by atoms with Gasteiger partial charge in [-0.2, -0.15) is 0 Å². The van der Waals surface area contributed by atoms with E-state index in [1.165, 1.54) is 16.7 Å². The Labute approximate surface area is 175 Å². The second kappa shape index (κ2) is 11.1. The number of hydrogen-bond donors (Lipinski definition) is 0. The van der Waals surface area contributed by atoms with E-state index in [4.69, 9.17) is 26.4 Å². The van der Waals surface area contributed by atoms with Gasteiger partial charge in [-0.1, -0.05) is 43.4 Å². The highest BCUT2D eigenvalue weighted by Gasteiger charge is 2.32. The fourth-order valence-corrected chi connectivity index (χ4v) is 3.81. The Morgan fingerprint density at radius 1 is 1.29 bits per heavy atom. The summed E-state index contributed by atoms with van der Waals surface area (Å²) in [5, 5.41) is 0. The van der Waals surface area contributed by atoms with Gasteiger partial charge in [-0.25, -0.2) is 0 Å². The fourth-order valence-electron chi connectivity index (χ4n) is 2.50. The van der Waals surface area contributed by atoms with Crippen molar-refractivity contribution in [2.45, 2.75) is 33.1 Å². The Morgan fingerprint density at radius 3 is 2.75 bits per heavy atom. The zero-order valence-corrected chi connectivity index (χ0v) is 18.0. The van der Waals surface area contributed by atoms with Crippen LogP contribution in [0, 0.1) is 0 Å². The van der Waals surface area contributed by atoms with E-state index >= 15 is 0 Å². The van der Waals surface area contributed by atoms with Gasteiger partial charge in [-0.05, 0) is 37.1 Å². The summed E-state index contributed by atoms with van der Waals surface area (Å²) in [4.78, 5) is 26.1. The lowest BCUT2D eigenvalue weighted by molar-refractivity contribution is -0.143. The number of thioether (sulfide) groups is 1. The van der Waals surface area contributed by atoms with Crippen LogP contribution in [0.5, 0.6) is 11.5 Å². The highest BCUT2D eigenvalue weighted by atomic mass is 32.2.